The van der Waals surface area contributed by atoms with Crippen LogP contribution in [-0.2, 0) is 6.54 Å². The van der Waals surface area contributed by atoms with E-state index in [1.807, 2.05) is 22.9 Å². The van der Waals surface area contributed by atoms with E-state index in [9.17, 15) is 4.79 Å². The minimum absolute atomic E-state index is 0.0315. The molecule has 1 atom stereocenters. The lowest BCUT2D eigenvalue weighted by molar-refractivity contribution is 0.334. The molecule has 1 saturated heterocycles. The first-order chi connectivity index (χ1) is 10.7. The van der Waals surface area contributed by atoms with Gasteiger partial charge in [0.15, 0.2) is 11.5 Å². The second-order valence-electron chi connectivity index (χ2n) is 5.78. The van der Waals surface area contributed by atoms with Gasteiger partial charge in [0.1, 0.15) is 0 Å². The normalized spacial score (nSPS) is 18.4. The Morgan fingerprint density at radius 2 is 2.05 bits per heavy atom. The van der Waals surface area contributed by atoms with Gasteiger partial charge >= 0.3 is 0 Å². The summed E-state index contributed by atoms with van der Waals surface area (Å²) in [7, 11) is 3.18. The molecule has 0 amide bonds. The van der Waals surface area contributed by atoms with Crippen LogP contribution in [0.15, 0.2) is 29.2 Å². The first-order valence-electron chi connectivity index (χ1n) is 7.69. The van der Waals surface area contributed by atoms with Gasteiger partial charge in [-0.15, -0.1) is 0 Å². The number of methoxy groups -OCH3 is 2. The van der Waals surface area contributed by atoms with Crippen molar-refractivity contribution in [3.63, 3.8) is 0 Å². The number of fused-ring (bicyclic) bond motifs is 1. The van der Waals surface area contributed by atoms with Crippen molar-refractivity contribution in [3.8, 4) is 11.5 Å². The topological polar surface area (TPSA) is 52.5 Å². The van der Waals surface area contributed by atoms with Gasteiger partial charge in [0.05, 0.1) is 19.6 Å². The van der Waals surface area contributed by atoms with Gasteiger partial charge in [-0.05, 0) is 55.4 Å². The van der Waals surface area contributed by atoms with Gasteiger partial charge in [0.2, 0.25) is 0 Å². The van der Waals surface area contributed by atoms with E-state index in [1.54, 1.807) is 20.3 Å². The van der Waals surface area contributed by atoms with Crippen molar-refractivity contribution in [3.05, 3.63) is 34.7 Å². The number of nitrogens with one attached hydrogen (secondary N) is 1. The van der Waals surface area contributed by atoms with Gasteiger partial charge in [-0.1, -0.05) is 0 Å². The molecule has 5 heteroatoms. The Morgan fingerprint density at radius 3 is 2.73 bits per heavy atom. The molecular formula is C17H22N2O3. The highest BCUT2D eigenvalue weighted by Crippen LogP contribution is 2.30. The van der Waals surface area contributed by atoms with E-state index in [1.165, 1.54) is 12.8 Å². The Balaban J connectivity index is 1.99. The van der Waals surface area contributed by atoms with E-state index in [-0.39, 0.29) is 5.56 Å². The third-order valence-electron chi connectivity index (χ3n) is 4.33. The average molecular weight is 302 g/mol. The lowest BCUT2D eigenvalue weighted by Crippen LogP contribution is -2.34. The third-order valence-corrected chi connectivity index (χ3v) is 4.33. The van der Waals surface area contributed by atoms with Gasteiger partial charge < -0.3 is 19.4 Å². The summed E-state index contributed by atoms with van der Waals surface area (Å²) in [5.74, 6) is 1.75. The Bertz CT molecular complexity index is 718. The van der Waals surface area contributed by atoms with Gasteiger partial charge in [-0.3, -0.25) is 4.79 Å². The quantitative estimate of drug-likeness (QED) is 0.939. The molecular weight excluding hydrogens is 280 g/mol. The molecule has 5 nitrogen and oxygen atoms in total. The first-order valence-corrected chi connectivity index (χ1v) is 7.69. The molecule has 2 heterocycles. The number of hydrogen-bond acceptors (Lipinski definition) is 4. The molecule has 0 bridgehead atoms. The summed E-state index contributed by atoms with van der Waals surface area (Å²) in [6, 6.07) is 5.59. The zero-order valence-corrected chi connectivity index (χ0v) is 13.1. The number of benzene rings is 1. The van der Waals surface area contributed by atoms with Crippen LogP contribution in [0.1, 0.15) is 12.8 Å². The molecule has 22 heavy (non-hydrogen) atoms. The molecule has 1 aromatic carbocycles. The third kappa shape index (κ3) is 2.81. The second-order valence-corrected chi connectivity index (χ2v) is 5.78. The van der Waals surface area contributed by atoms with E-state index >= 15 is 0 Å². The molecule has 0 aliphatic carbocycles. The number of ether oxygens (including phenoxy) is 2. The molecule has 1 aliphatic heterocycles. The fourth-order valence-corrected chi connectivity index (χ4v) is 3.11. The molecule has 1 aromatic heterocycles. The number of aromatic nitrogens is 1. The molecule has 3 rings (SSSR count). The monoisotopic (exact) mass is 302 g/mol. The van der Waals surface area contributed by atoms with Gasteiger partial charge in [-0.2, -0.15) is 0 Å². The van der Waals surface area contributed by atoms with Crippen LogP contribution in [0.3, 0.4) is 0 Å². The van der Waals surface area contributed by atoms with Crippen molar-refractivity contribution in [2.45, 2.75) is 19.4 Å². The van der Waals surface area contributed by atoms with E-state index in [0.717, 1.165) is 25.0 Å². The fraction of sp³-hybridized carbons (Fsp3) is 0.471. The minimum Gasteiger partial charge on any atom is -0.493 e. The summed E-state index contributed by atoms with van der Waals surface area (Å²) in [5, 5.41) is 4.94. The van der Waals surface area contributed by atoms with Crippen molar-refractivity contribution in [2.75, 3.05) is 27.3 Å². The lowest BCUT2D eigenvalue weighted by atomic mass is 9.99. The number of hydrogen-bond donors (Lipinski definition) is 1. The van der Waals surface area contributed by atoms with Crippen LogP contribution in [0, 0.1) is 5.92 Å². The highest BCUT2D eigenvalue weighted by atomic mass is 16.5. The van der Waals surface area contributed by atoms with E-state index in [4.69, 9.17) is 9.47 Å². The molecule has 2 aromatic rings. The smallest absolute Gasteiger partial charge is 0.258 e. The fourth-order valence-electron chi connectivity index (χ4n) is 3.11. The van der Waals surface area contributed by atoms with E-state index in [2.05, 4.69) is 5.32 Å². The number of rotatable bonds is 4. The molecule has 1 N–H and O–H groups in total. The zero-order valence-electron chi connectivity index (χ0n) is 13.1. The van der Waals surface area contributed by atoms with Gasteiger partial charge in [0.25, 0.3) is 5.56 Å². The maximum atomic E-state index is 12.7. The van der Waals surface area contributed by atoms with Crippen LogP contribution < -0.4 is 20.3 Å². The Morgan fingerprint density at radius 1 is 1.27 bits per heavy atom. The summed E-state index contributed by atoms with van der Waals surface area (Å²) in [6.45, 7) is 2.83. The highest BCUT2D eigenvalue weighted by Gasteiger charge is 2.15. The SMILES string of the molecule is COc1cc2ccn(CC3CCCNC3)c(=O)c2cc1OC. The predicted molar refractivity (Wildman–Crippen MR) is 86.9 cm³/mol. The van der Waals surface area contributed by atoms with Crippen molar-refractivity contribution in [2.24, 2.45) is 5.92 Å². The Hall–Kier alpha value is -2.01. The maximum Gasteiger partial charge on any atom is 0.258 e. The summed E-state index contributed by atoms with van der Waals surface area (Å²) in [6.07, 6.45) is 4.23. The molecule has 1 aliphatic rings. The van der Waals surface area contributed by atoms with Crippen LogP contribution >= 0.6 is 0 Å². The summed E-state index contributed by atoms with van der Waals surface area (Å²) >= 11 is 0. The lowest BCUT2D eigenvalue weighted by Gasteiger charge is -2.23. The van der Waals surface area contributed by atoms with Crippen molar-refractivity contribution >= 4 is 10.8 Å². The van der Waals surface area contributed by atoms with Crippen LogP contribution in [0.25, 0.3) is 10.8 Å². The van der Waals surface area contributed by atoms with Gasteiger partial charge in [0, 0.05) is 12.7 Å². The molecule has 0 spiro atoms. The zero-order chi connectivity index (χ0) is 15.5. The molecule has 118 valence electrons. The van der Waals surface area contributed by atoms with Crippen LogP contribution in [0.2, 0.25) is 0 Å². The maximum absolute atomic E-state index is 12.7. The number of pyridine rings is 1. The second kappa shape index (κ2) is 6.40. The van der Waals surface area contributed by atoms with Crippen LogP contribution in [0.4, 0.5) is 0 Å². The Labute approximate surface area is 129 Å². The Kier molecular flexibility index (Phi) is 4.34. The van der Waals surface area contributed by atoms with Gasteiger partial charge in [-0.25, -0.2) is 0 Å². The van der Waals surface area contributed by atoms with E-state index in [0.29, 0.717) is 22.8 Å². The summed E-state index contributed by atoms with van der Waals surface area (Å²) in [4.78, 5) is 12.7. The van der Waals surface area contributed by atoms with Crippen LogP contribution in [-0.4, -0.2) is 31.9 Å². The van der Waals surface area contributed by atoms with Crippen molar-refractivity contribution in [1.29, 1.82) is 0 Å². The van der Waals surface area contributed by atoms with E-state index < -0.39 is 0 Å². The average Bonchev–Trinajstić information content (AvgIpc) is 2.57. The molecule has 1 fully saturated rings. The standard InChI is InChI=1S/C17H22N2O3/c1-21-15-8-13-5-7-19(11-12-4-3-6-18-10-12)17(20)14(13)9-16(15)22-2/h5,7-9,12,18H,3-4,6,10-11H2,1-2H3. The van der Waals surface area contributed by atoms with Crippen molar-refractivity contribution in [1.82, 2.24) is 9.88 Å². The highest BCUT2D eigenvalue weighted by molar-refractivity contribution is 5.85. The first kappa shape index (κ1) is 14.9. The number of piperidine rings is 1. The minimum atomic E-state index is 0.0315. The molecule has 0 radical (unpaired) electrons. The summed E-state index contributed by atoms with van der Waals surface area (Å²) < 4.78 is 12.4. The number of nitrogens with zero attached hydrogens (tertiary/aromatic N) is 1. The predicted octanol–water partition coefficient (Wildman–Crippen LogP) is 2.02. The molecule has 0 saturated carbocycles. The summed E-state index contributed by atoms with van der Waals surface area (Å²) in [5.41, 5.74) is 0.0315. The van der Waals surface area contributed by atoms with Crippen molar-refractivity contribution < 1.29 is 9.47 Å². The largest absolute Gasteiger partial charge is 0.493 e. The van der Waals surface area contributed by atoms with Crippen LogP contribution in [0.5, 0.6) is 11.5 Å². The molecule has 1 unspecified atom stereocenters.